The van der Waals surface area contributed by atoms with Crippen LogP contribution in [0.4, 0.5) is 5.69 Å². The van der Waals surface area contributed by atoms with Crippen LogP contribution in [-0.2, 0) is 9.31 Å². The van der Waals surface area contributed by atoms with Gasteiger partial charge in [-0.05, 0) is 101 Å². The molecule has 4 nitrogen and oxygen atoms in total. The van der Waals surface area contributed by atoms with Crippen molar-refractivity contribution in [2.45, 2.75) is 103 Å². The van der Waals surface area contributed by atoms with E-state index in [1.54, 1.807) is 0 Å². The number of carbonyl (C=O) groups excluding carboxylic acids is 1. The fourth-order valence-electron chi connectivity index (χ4n) is 5.28. The van der Waals surface area contributed by atoms with Gasteiger partial charge in [-0.2, -0.15) is 0 Å². The van der Waals surface area contributed by atoms with Crippen LogP contribution in [0.2, 0.25) is 0 Å². The summed E-state index contributed by atoms with van der Waals surface area (Å²) < 4.78 is 12.2. The van der Waals surface area contributed by atoms with E-state index in [1.807, 2.05) is 64.1 Å². The van der Waals surface area contributed by atoms with E-state index in [4.69, 9.17) is 9.31 Å². The highest BCUT2D eigenvalue weighted by Crippen LogP contribution is 2.38. The van der Waals surface area contributed by atoms with E-state index in [2.05, 4.69) is 24.4 Å². The molecule has 1 amide bonds. The van der Waals surface area contributed by atoms with Crippen LogP contribution in [0.15, 0.2) is 48.5 Å². The second kappa shape index (κ2) is 10.9. The average molecular weight is 475 g/mol. The first-order valence-corrected chi connectivity index (χ1v) is 13.6. The zero-order valence-corrected chi connectivity index (χ0v) is 22.2. The van der Waals surface area contributed by atoms with Crippen molar-refractivity contribution in [1.82, 2.24) is 0 Å². The van der Waals surface area contributed by atoms with Crippen LogP contribution in [0.3, 0.4) is 0 Å². The number of unbranched alkanes of at least 4 members (excludes halogenated alkanes) is 2. The first-order valence-electron chi connectivity index (χ1n) is 13.6. The molecular formula is C30H42BNO3. The predicted octanol–water partition coefficient (Wildman–Crippen LogP) is 7.09. The smallest absolute Gasteiger partial charge is 0.399 e. The third-order valence-electron chi connectivity index (χ3n) is 8.40. The van der Waals surface area contributed by atoms with Crippen molar-refractivity contribution < 1.29 is 14.1 Å². The minimum atomic E-state index is -0.420. The maximum atomic E-state index is 12.8. The van der Waals surface area contributed by atoms with E-state index in [0.29, 0.717) is 11.5 Å². The zero-order valence-electron chi connectivity index (χ0n) is 22.2. The number of carbonyl (C=O) groups is 1. The Morgan fingerprint density at radius 1 is 0.886 bits per heavy atom. The second-order valence-electron chi connectivity index (χ2n) is 11.5. The maximum Gasteiger partial charge on any atom is 0.494 e. The Labute approximate surface area is 212 Å². The van der Waals surface area contributed by atoms with Crippen LogP contribution < -0.4 is 10.8 Å². The Balaban J connectivity index is 1.29. The van der Waals surface area contributed by atoms with Gasteiger partial charge in [-0.15, -0.1) is 0 Å². The average Bonchev–Trinajstić information content (AvgIpc) is 3.07. The number of amides is 1. The van der Waals surface area contributed by atoms with Crippen LogP contribution in [-0.4, -0.2) is 24.2 Å². The summed E-state index contributed by atoms with van der Waals surface area (Å²) in [6.45, 7) is 10.4. The monoisotopic (exact) mass is 475 g/mol. The third kappa shape index (κ3) is 6.18. The van der Waals surface area contributed by atoms with E-state index in [-0.39, 0.29) is 17.1 Å². The summed E-state index contributed by atoms with van der Waals surface area (Å²) >= 11 is 0. The summed E-state index contributed by atoms with van der Waals surface area (Å²) in [6, 6.07) is 16.0. The summed E-state index contributed by atoms with van der Waals surface area (Å²) in [6.07, 6.45) is 10.8. The number of hydrogen-bond acceptors (Lipinski definition) is 3. The highest BCUT2D eigenvalue weighted by atomic mass is 16.7. The lowest BCUT2D eigenvalue weighted by atomic mass is 9.77. The minimum absolute atomic E-state index is 0.106. The lowest BCUT2D eigenvalue weighted by Gasteiger charge is -2.32. The van der Waals surface area contributed by atoms with Crippen molar-refractivity contribution in [3.05, 3.63) is 59.7 Å². The van der Waals surface area contributed by atoms with Gasteiger partial charge in [0.05, 0.1) is 11.2 Å². The Morgan fingerprint density at radius 2 is 1.49 bits per heavy atom. The molecule has 1 saturated heterocycles. The Morgan fingerprint density at radius 3 is 2.06 bits per heavy atom. The summed E-state index contributed by atoms with van der Waals surface area (Å²) in [5.41, 5.74) is 3.02. The van der Waals surface area contributed by atoms with Crippen LogP contribution in [0.1, 0.15) is 108 Å². The number of nitrogens with one attached hydrogen (secondary N) is 1. The van der Waals surface area contributed by atoms with E-state index >= 15 is 0 Å². The van der Waals surface area contributed by atoms with Crippen molar-refractivity contribution in [2.24, 2.45) is 5.92 Å². The molecule has 0 atom stereocenters. The molecule has 1 saturated carbocycles. The minimum Gasteiger partial charge on any atom is -0.399 e. The quantitative estimate of drug-likeness (QED) is 0.327. The van der Waals surface area contributed by atoms with Crippen molar-refractivity contribution in [2.75, 3.05) is 5.32 Å². The summed E-state index contributed by atoms with van der Waals surface area (Å²) in [7, 11) is -0.420. The fourth-order valence-corrected chi connectivity index (χ4v) is 5.28. The Bertz CT molecular complexity index is 960. The van der Waals surface area contributed by atoms with Gasteiger partial charge in [0.15, 0.2) is 0 Å². The standard InChI is InChI=1S/C30H42BNO3/c1-6-7-8-9-22-10-12-23(13-11-22)24-16-20-27(21-17-24)32-28(33)25-14-18-26(19-15-25)31-34-29(2,3)30(4,5)35-31/h14-23H,6-13H2,1-5H3,(H,32,33)/t22-,23-. The molecule has 0 radical (unpaired) electrons. The summed E-state index contributed by atoms with van der Waals surface area (Å²) in [5, 5.41) is 3.04. The van der Waals surface area contributed by atoms with Gasteiger partial charge in [0.1, 0.15) is 0 Å². The molecule has 5 heteroatoms. The highest BCUT2D eigenvalue weighted by molar-refractivity contribution is 6.62. The number of anilines is 1. The van der Waals surface area contributed by atoms with Gasteiger partial charge in [0.2, 0.25) is 0 Å². The second-order valence-corrected chi connectivity index (χ2v) is 11.5. The predicted molar refractivity (Wildman–Crippen MR) is 145 cm³/mol. The molecule has 2 aromatic rings. The molecule has 35 heavy (non-hydrogen) atoms. The molecule has 2 aliphatic rings. The Kier molecular flexibility index (Phi) is 8.07. The van der Waals surface area contributed by atoms with Gasteiger partial charge < -0.3 is 14.6 Å². The first-order chi connectivity index (χ1) is 16.7. The molecule has 2 aromatic carbocycles. The highest BCUT2D eigenvalue weighted by Gasteiger charge is 2.51. The van der Waals surface area contributed by atoms with Gasteiger partial charge >= 0.3 is 7.12 Å². The fraction of sp³-hybridized carbons (Fsp3) is 0.567. The van der Waals surface area contributed by atoms with Crippen LogP contribution in [0, 0.1) is 5.92 Å². The number of hydrogen-bond donors (Lipinski definition) is 1. The lowest BCUT2D eigenvalue weighted by molar-refractivity contribution is 0.00578. The molecule has 0 aromatic heterocycles. The maximum absolute atomic E-state index is 12.8. The van der Waals surface area contributed by atoms with Gasteiger partial charge in [-0.3, -0.25) is 4.79 Å². The largest absolute Gasteiger partial charge is 0.494 e. The molecule has 0 bridgehead atoms. The topological polar surface area (TPSA) is 47.6 Å². The Hall–Kier alpha value is -2.11. The SMILES string of the molecule is CCCCC[C@H]1CC[C@H](c2ccc(NC(=O)c3ccc(B4OC(C)(C)C(C)(C)O4)cc3)cc2)CC1. The van der Waals surface area contributed by atoms with Gasteiger partial charge in [0.25, 0.3) is 5.91 Å². The molecule has 1 heterocycles. The first kappa shape index (κ1) is 26.0. The molecule has 2 fully saturated rings. The summed E-state index contributed by atoms with van der Waals surface area (Å²) in [5.74, 6) is 1.48. The molecule has 0 unspecified atom stereocenters. The van der Waals surface area contributed by atoms with Gasteiger partial charge in [-0.25, -0.2) is 0 Å². The number of benzene rings is 2. The van der Waals surface area contributed by atoms with E-state index < -0.39 is 7.12 Å². The molecule has 188 valence electrons. The van der Waals surface area contributed by atoms with Crippen molar-refractivity contribution in [3.8, 4) is 0 Å². The van der Waals surface area contributed by atoms with Gasteiger partial charge in [0, 0.05) is 11.3 Å². The van der Waals surface area contributed by atoms with Crippen molar-refractivity contribution in [3.63, 3.8) is 0 Å². The third-order valence-corrected chi connectivity index (χ3v) is 8.40. The van der Waals surface area contributed by atoms with Gasteiger partial charge in [-0.1, -0.05) is 56.9 Å². The lowest BCUT2D eigenvalue weighted by Crippen LogP contribution is -2.41. The van der Waals surface area contributed by atoms with E-state index in [0.717, 1.165) is 17.1 Å². The zero-order chi connectivity index (χ0) is 25.1. The van der Waals surface area contributed by atoms with Crippen molar-refractivity contribution in [1.29, 1.82) is 0 Å². The molecule has 1 aliphatic heterocycles. The van der Waals surface area contributed by atoms with Crippen LogP contribution >= 0.6 is 0 Å². The molecule has 4 rings (SSSR count). The van der Waals surface area contributed by atoms with Crippen molar-refractivity contribution >= 4 is 24.2 Å². The van der Waals surface area contributed by atoms with E-state index in [9.17, 15) is 4.79 Å². The molecular weight excluding hydrogens is 433 g/mol. The molecule has 0 spiro atoms. The van der Waals surface area contributed by atoms with Crippen LogP contribution in [0.5, 0.6) is 0 Å². The molecule has 1 N–H and O–H groups in total. The normalized spacial score (nSPS) is 23.3. The van der Waals surface area contributed by atoms with Crippen LogP contribution in [0.25, 0.3) is 0 Å². The number of rotatable bonds is 8. The van der Waals surface area contributed by atoms with E-state index in [1.165, 1.54) is 56.9 Å². The molecule has 1 aliphatic carbocycles. The summed E-state index contributed by atoms with van der Waals surface area (Å²) in [4.78, 5) is 12.8.